The first-order chi connectivity index (χ1) is 26.2. The number of carbonyl (C=O) groups is 3. The number of carboxylic acid groups (broad SMARTS) is 2. The van der Waals surface area contributed by atoms with Gasteiger partial charge in [-0.05, 0) is 26.2 Å². The third-order valence-electron chi connectivity index (χ3n) is 11.3. The van der Waals surface area contributed by atoms with Crippen LogP contribution in [0.1, 0.15) is 233 Å². The first-order valence-electron chi connectivity index (χ1n) is 22.9. The average Bonchev–Trinajstić information content (AvgIpc) is 3.63. The minimum atomic E-state index is -1.08. The van der Waals surface area contributed by atoms with Crippen LogP contribution >= 0.6 is 0 Å². The molecule has 0 bridgehead atoms. The Morgan fingerprint density at radius 1 is 0.611 bits per heavy atom. The molecule has 0 saturated heterocycles. The summed E-state index contributed by atoms with van der Waals surface area (Å²) in [5, 5.41) is 17.5. The van der Waals surface area contributed by atoms with E-state index in [1.54, 1.807) is 0 Å². The number of nitrogens with zero attached hydrogens (tertiary/aromatic N) is 2. The molecule has 312 valence electrons. The number of hydrogen-bond acceptors (Lipinski definition) is 4. The Labute approximate surface area is 332 Å². The fourth-order valence-corrected chi connectivity index (χ4v) is 7.60. The highest BCUT2D eigenvalue weighted by Gasteiger charge is 2.34. The second kappa shape index (κ2) is 33.9. The number of aliphatic carboxylic acids is 2. The number of amidine groups is 1. The van der Waals surface area contributed by atoms with Crippen molar-refractivity contribution in [2.45, 2.75) is 233 Å². The minimum Gasteiger partial charge on any atom is -0.481 e. The van der Waals surface area contributed by atoms with E-state index in [0.29, 0.717) is 5.91 Å². The van der Waals surface area contributed by atoms with E-state index >= 15 is 0 Å². The summed E-state index contributed by atoms with van der Waals surface area (Å²) in [5.41, 5.74) is -0.949. The number of allylic oxidation sites excluding steroid dienone is 2. The standard InChI is InChI=1S/C38H74N2O.C9H10O4/c1-3-5-7-9-11-13-15-17-19-21-23-25-27-29-31-33-37-39-35-36-40(37)38(41)34-32-30-28-26-24-22-20-18-16-14-12-10-8-6-4-2;1-9(8(12)13)4-2-3-6(5-9)7(10)11/h3-36H2,1-2H3;2-4H,5H2,1H3,(H,10,11)(H,12,13). The van der Waals surface area contributed by atoms with Crippen molar-refractivity contribution in [3.05, 3.63) is 23.8 Å². The Kier molecular flexibility index (Phi) is 31.1. The van der Waals surface area contributed by atoms with Crippen molar-refractivity contribution in [1.29, 1.82) is 0 Å². The van der Waals surface area contributed by atoms with Gasteiger partial charge in [-0.2, -0.15) is 0 Å². The number of carbonyl (C=O) groups excluding carboxylic acids is 1. The van der Waals surface area contributed by atoms with Crippen molar-refractivity contribution in [2.75, 3.05) is 13.1 Å². The van der Waals surface area contributed by atoms with Gasteiger partial charge in [-0.25, -0.2) is 4.79 Å². The molecule has 0 aromatic heterocycles. The monoisotopic (exact) mass is 757 g/mol. The predicted molar refractivity (Wildman–Crippen MR) is 228 cm³/mol. The van der Waals surface area contributed by atoms with Crippen LogP contribution < -0.4 is 0 Å². The first-order valence-corrected chi connectivity index (χ1v) is 22.9. The van der Waals surface area contributed by atoms with E-state index in [1.165, 1.54) is 211 Å². The van der Waals surface area contributed by atoms with Crippen LogP contribution in [0.4, 0.5) is 0 Å². The Bertz CT molecular complexity index is 1070. The van der Waals surface area contributed by atoms with E-state index in [1.807, 2.05) is 4.90 Å². The maximum Gasteiger partial charge on any atom is 0.331 e. The smallest absolute Gasteiger partial charge is 0.331 e. The molecule has 0 radical (unpaired) electrons. The summed E-state index contributed by atoms with van der Waals surface area (Å²) in [6.07, 6.45) is 47.6. The zero-order valence-corrected chi connectivity index (χ0v) is 35.5. The van der Waals surface area contributed by atoms with E-state index in [9.17, 15) is 14.4 Å². The molecular weight excluding hydrogens is 673 g/mol. The number of rotatable bonds is 34. The Morgan fingerprint density at radius 3 is 1.39 bits per heavy atom. The predicted octanol–water partition coefficient (Wildman–Crippen LogP) is 13.8. The van der Waals surface area contributed by atoms with Crippen LogP contribution in [0.5, 0.6) is 0 Å². The van der Waals surface area contributed by atoms with Gasteiger partial charge in [-0.3, -0.25) is 19.5 Å². The largest absolute Gasteiger partial charge is 0.481 e. The molecule has 2 rings (SSSR count). The number of hydrogen-bond donors (Lipinski definition) is 2. The van der Waals surface area contributed by atoms with Crippen molar-refractivity contribution >= 4 is 23.7 Å². The molecule has 0 spiro atoms. The number of carboxylic acids is 2. The van der Waals surface area contributed by atoms with Crippen LogP contribution in [0.15, 0.2) is 28.8 Å². The molecule has 0 fully saturated rings. The molecule has 54 heavy (non-hydrogen) atoms. The Hall–Kier alpha value is -2.44. The lowest BCUT2D eigenvalue weighted by atomic mass is 9.80. The van der Waals surface area contributed by atoms with Crippen molar-refractivity contribution in [1.82, 2.24) is 4.90 Å². The van der Waals surface area contributed by atoms with Gasteiger partial charge in [0.2, 0.25) is 5.91 Å². The summed E-state index contributed by atoms with van der Waals surface area (Å²) in [4.78, 5) is 40.8. The Morgan fingerprint density at radius 2 is 1.00 bits per heavy atom. The van der Waals surface area contributed by atoms with Crippen molar-refractivity contribution in [2.24, 2.45) is 10.4 Å². The number of amides is 1. The molecule has 1 unspecified atom stereocenters. The molecular formula is C47H84N2O5. The first kappa shape index (κ1) is 49.6. The summed E-state index contributed by atoms with van der Waals surface area (Å²) in [5.74, 6) is -0.644. The van der Waals surface area contributed by atoms with Crippen LogP contribution in [-0.2, 0) is 14.4 Å². The van der Waals surface area contributed by atoms with E-state index in [4.69, 9.17) is 10.2 Å². The molecule has 1 aliphatic heterocycles. The maximum atomic E-state index is 12.8. The van der Waals surface area contributed by atoms with Crippen LogP contribution in [-0.4, -0.2) is 51.9 Å². The minimum absolute atomic E-state index is 0.0359. The molecule has 2 N–H and O–H groups in total. The SMILES string of the molecule is CC1(C(=O)O)C=CC=C(C(=O)O)C1.CCCCCCCCCCCCCCCCCC(=O)N1CCN=C1CCCCCCCCCCCCCCCCC. The highest BCUT2D eigenvalue weighted by molar-refractivity contribution is 5.99. The van der Waals surface area contributed by atoms with Crippen LogP contribution in [0.2, 0.25) is 0 Å². The Balaban J connectivity index is 0.000000937. The van der Waals surface area contributed by atoms with Gasteiger partial charge in [0.05, 0.1) is 12.0 Å². The quantitative estimate of drug-likeness (QED) is 0.0636. The molecule has 2 aliphatic rings. The fourth-order valence-electron chi connectivity index (χ4n) is 7.60. The summed E-state index contributed by atoms with van der Waals surface area (Å²) in [6, 6.07) is 0. The van der Waals surface area contributed by atoms with E-state index in [-0.39, 0.29) is 12.0 Å². The molecule has 0 aromatic carbocycles. The van der Waals surface area contributed by atoms with E-state index in [2.05, 4.69) is 18.8 Å². The zero-order valence-electron chi connectivity index (χ0n) is 35.5. The molecule has 1 atom stereocenters. The van der Waals surface area contributed by atoms with Gasteiger partial charge in [-0.15, -0.1) is 0 Å². The highest BCUT2D eigenvalue weighted by atomic mass is 16.4. The van der Waals surface area contributed by atoms with Gasteiger partial charge < -0.3 is 10.2 Å². The van der Waals surface area contributed by atoms with Gasteiger partial charge >= 0.3 is 11.9 Å². The van der Waals surface area contributed by atoms with Crippen molar-refractivity contribution in [3.63, 3.8) is 0 Å². The highest BCUT2D eigenvalue weighted by Crippen LogP contribution is 2.31. The normalized spacial score (nSPS) is 16.5. The van der Waals surface area contributed by atoms with Crippen LogP contribution in [0.3, 0.4) is 0 Å². The molecule has 1 aliphatic carbocycles. The average molecular weight is 757 g/mol. The lowest BCUT2D eigenvalue weighted by molar-refractivity contribution is -0.145. The molecule has 7 heteroatoms. The second-order valence-electron chi connectivity index (χ2n) is 16.5. The van der Waals surface area contributed by atoms with Crippen LogP contribution in [0, 0.1) is 5.41 Å². The topological polar surface area (TPSA) is 107 Å². The number of unbranched alkanes of at least 4 members (excludes halogenated alkanes) is 28. The number of aliphatic imine (C=N–C) groups is 1. The van der Waals surface area contributed by atoms with Gasteiger partial charge in [0, 0.05) is 25.0 Å². The van der Waals surface area contributed by atoms with Crippen LogP contribution in [0.25, 0.3) is 0 Å². The summed E-state index contributed by atoms with van der Waals surface area (Å²) >= 11 is 0. The molecule has 1 amide bonds. The van der Waals surface area contributed by atoms with Gasteiger partial charge in [0.1, 0.15) is 5.84 Å². The lowest BCUT2D eigenvalue weighted by Crippen LogP contribution is -2.34. The zero-order chi connectivity index (χ0) is 39.5. The van der Waals surface area contributed by atoms with Gasteiger partial charge in [0.25, 0.3) is 0 Å². The van der Waals surface area contributed by atoms with E-state index in [0.717, 1.165) is 38.2 Å². The second-order valence-corrected chi connectivity index (χ2v) is 16.5. The maximum absolute atomic E-state index is 12.8. The van der Waals surface area contributed by atoms with Gasteiger partial charge in [0.15, 0.2) is 0 Å². The van der Waals surface area contributed by atoms with Gasteiger partial charge in [-0.1, -0.05) is 212 Å². The molecule has 7 nitrogen and oxygen atoms in total. The fraction of sp³-hybridized carbons (Fsp3) is 0.830. The summed E-state index contributed by atoms with van der Waals surface area (Å²) < 4.78 is 0. The summed E-state index contributed by atoms with van der Waals surface area (Å²) in [7, 11) is 0. The third kappa shape index (κ3) is 25.6. The molecule has 0 aromatic rings. The molecule has 1 heterocycles. The third-order valence-corrected chi connectivity index (χ3v) is 11.3. The van der Waals surface area contributed by atoms with E-state index < -0.39 is 17.4 Å². The molecule has 0 saturated carbocycles. The van der Waals surface area contributed by atoms with Crippen molar-refractivity contribution < 1.29 is 24.6 Å². The summed E-state index contributed by atoms with van der Waals surface area (Å²) in [6.45, 7) is 7.73. The van der Waals surface area contributed by atoms with Crippen molar-refractivity contribution in [3.8, 4) is 0 Å². The lowest BCUT2D eigenvalue weighted by Gasteiger charge is -2.23.